The zero-order chi connectivity index (χ0) is 15.3. The summed E-state index contributed by atoms with van der Waals surface area (Å²) in [5, 5.41) is 10.1. The molecule has 4 atom stereocenters. The van der Waals surface area contributed by atoms with Crippen molar-refractivity contribution in [1.82, 2.24) is 0 Å². The van der Waals surface area contributed by atoms with Crippen molar-refractivity contribution in [3.05, 3.63) is 0 Å². The summed E-state index contributed by atoms with van der Waals surface area (Å²) >= 11 is 0. The molecule has 0 spiro atoms. The van der Waals surface area contributed by atoms with Gasteiger partial charge in [-0.15, -0.1) is 0 Å². The second-order valence-electron chi connectivity index (χ2n) is 7.70. The Morgan fingerprint density at radius 2 is 1.70 bits per heavy atom. The molecule has 2 unspecified atom stereocenters. The third-order valence-corrected chi connectivity index (χ3v) is 9.04. The lowest BCUT2D eigenvalue weighted by Gasteiger charge is -2.37. The summed E-state index contributed by atoms with van der Waals surface area (Å²) in [7, 11) is -1.83. The van der Waals surface area contributed by atoms with Crippen LogP contribution in [0.15, 0.2) is 0 Å². The van der Waals surface area contributed by atoms with Gasteiger partial charge in [-0.05, 0) is 32.0 Å². The van der Waals surface area contributed by atoms with Crippen molar-refractivity contribution in [2.45, 2.75) is 83.1 Å². The Bertz CT molecular complexity index is 363. The first-order valence-electron chi connectivity index (χ1n) is 7.26. The van der Waals surface area contributed by atoms with Crippen molar-refractivity contribution in [3.63, 3.8) is 0 Å². The van der Waals surface area contributed by atoms with E-state index < -0.39 is 26.5 Å². The van der Waals surface area contributed by atoms with E-state index in [1.165, 1.54) is 0 Å². The van der Waals surface area contributed by atoms with E-state index in [1.54, 1.807) is 0 Å². The molecule has 0 aromatic heterocycles. The van der Waals surface area contributed by atoms with Crippen LogP contribution >= 0.6 is 0 Å². The van der Waals surface area contributed by atoms with Gasteiger partial charge >= 0.3 is 0 Å². The molecule has 0 radical (unpaired) electrons. The van der Waals surface area contributed by atoms with E-state index in [0.29, 0.717) is 6.61 Å². The Balaban J connectivity index is 1.98. The highest BCUT2D eigenvalue weighted by Crippen LogP contribution is 2.40. The molecular weight excluding hydrogens is 276 g/mol. The lowest BCUT2D eigenvalue weighted by Crippen LogP contribution is -2.44. The molecule has 2 saturated heterocycles. The second-order valence-corrected chi connectivity index (χ2v) is 12.5. The molecule has 2 aliphatic heterocycles. The molecule has 118 valence electrons. The lowest BCUT2D eigenvalue weighted by molar-refractivity contribution is -0.222. The summed E-state index contributed by atoms with van der Waals surface area (Å²) in [6.07, 6.45) is -1.89. The summed E-state index contributed by atoms with van der Waals surface area (Å²) in [6, 6.07) is 0. The fraction of sp³-hybridized carbons (Fsp3) is 1.00. The van der Waals surface area contributed by atoms with Crippen LogP contribution in [0.25, 0.3) is 0 Å². The van der Waals surface area contributed by atoms with Crippen molar-refractivity contribution in [2.75, 3.05) is 6.61 Å². The molecule has 1 N–H and O–H groups in total. The van der Waals surface area contributed by atoms with E-state index in [2.05, 4.69) is 33.9 Å². The minimum absolute atomic E-state index is 0.149. The van der Waals surface area contributed by atoms with E-state index >= 15 is 0 Å². The Morgan fingerprint density at radius 3 is 2.25 bits per heavy atom. The topological polar surface area (TPSA) is 57.2 Å². The van der Waals surface area contributed by atoms with Gasteiger partial charge in [0.2, 0.25) is 0 Å². The maximum absolute atomic E-state index is 9.92. The van der Waals surface area contributed by atoms with Crippen LogP contribution in [0.1, 0.15) is 34.6 Å². The van der Waals surface area contributed by atoms with Gasteiger partial charge in [-0.25, -0.2) is 0 Å². The molecule has 0 aliphatic carbocycles. The average Bonchev–Trinajstić information content (AvgIpc) is 2.70. The van der Waals surface area contributed by atoms with E-state index in [9.17, 15) is 5.11 Å². The van der Waals surface area contributed by atoms with Crippen molar-refractivity contribution in [2.24, 2.45) is 0 Å². The number of aliphatic hydroxyl groups is 1. The lowest BCUT2D eigenvalue weighted by atomic mass is 10.1. The van der Waals surface area contributed by atoms with Crippen LogP contribution in [0.4, 0.5) is 0 Å². The monoisotopic (exact) mass is 304 g/mol. The summed E-state index contributed by atoms with van der Waals surface area (Å²) in [6.45, 7) is 15.1. The first-order valence-corrected chi connectivity index (χ1v) is 10.2. The molecule has 2 aliphatic rings. The Labute approximate surface area is 122 Å². The van der Waals surface area contributed by atoms with Crippen LogP contribution in [0.3, 0.4) is 0 Å². The SMILES string of the molecule is CC1(C)OC2C(O)O[C@H](CO[Si](C)(C)C(C)(C)C)[C@@H]2O1. The molecule has 2 rings (SSSR count). The predicted octanol–water partition coefficient (Wildman–Crippen LogP) is 2.25. The first-order chi connectivity index (χ1) is 8.93. The highest BCUT2D eigenvalue weighted by Gasteiger charge is 2.55. The van der Waals surface area contributed by atoms with Crippen LogP contribution in [0, 0.1) is 0 Å². The van der Waals surface area contributed by atoms with Gasteiger partial charge < -0.3 is 23.7 Å². The quantitative estimate of drug-likeness (QED) is 0.810. The molecule has 0 aromatic rings. The maximum Gasteiger partial charge on any atom is 0.192 e. The number of rotatable bonds is 3. The standard InChI is InChI=1S/C14H28O5Si/c1-13(2,3)20(6,7)16-8-9-10-11(12(15)17-9)19-14(4,5)18-10/h9-12,15H,8H2,1-7H3/t9-,10+,11?,12?/m1/s1. The van der Waals surface area contributed by atoms with Crippen molar-refractivity contribution < 1.29 is 23.7 Å². The minimum Gasteiger partial charge on any atom is -0.414 e. The Hall–Kier alpha value is 0.0169. The fourth-order valence-electron chi connectivity index (χ4n) is 2.30. The van der Waals surface area contributed by atoms with Crippen molar-refractivity contribution >= 4 is 8.32 Å². The fourth-order valence-corrected chi connectivity index (χ4v) is 3.31. The van der Waals surface area contributed by atoms with Crippen LogP contribution in [0.2, 0.25) is 18.1 Å². The average molecular weight is 304 g/mol. The van der Waals surface area contributed by atoms with Crippen LogP contribution < -0.4 is 0 Å². The van der Waals surface area contributed by atoms with Gasteiger partial charge in [0.15, 0.2) is 20.4 Å². The van der Waals surface area contributed by atoms with Crippen molar-refractivity contribution in [1.29, 1.82) is 0 Å². The zero-order valence-corrected chi connectivity index (χ0v) is 14.6. The highest BCUT2D eigenvalue weighted by atomic mass is 28.4. The number of fused-ring (bicyclic) bond motifs is 1. The van der Waals surface area contributed by atoms with Crippen molar-refractivity contribution in [3.8, 4) is 0 Å². The van der Waals surface area contributed by atoms with E-state index in [-0.39, 0.29) is 17.2 Å². The van der Waals surface area contributed by atoms with Gasteiger partial charge in [0.25, 0.3) is 0 Å². The summed E-state index contributed by atoms with van der Waals surface area (Å²) in [5.74, 6) is -0.671. The molecule has 20 heavy (non-hydrogen) atoms. The molecule has 2 fully saturated rings. The van der Waals surface area contributed by atoms with Crippen LogP contribution in [0.5, 0.6) is 0 Å². The zero-order valence-electron chi connectivity index (χ0n) is 13.6. The first kappa shape index (κ1) is 16.4. The maximum atomic E-state index is 9.92. The molecule has 5 nitrogen and oxygen atoms in total. The van der Waals surface area contributed by atoms with Gasteiger partial charge in [0, 0.05) is 0 Å². The summed E-state index contributed by atoms with van der Waals surface area (Å²) in [4.78, 5) is 0. The third-order valence-electron chi connectivity index (χ3n) is 4.54. The number of hydrogen-bond donors (Lipinski definition) is 1. The van der Waals surface area contributed by atoms with Gasteiger partial charge in [0.1, 0.15) is 18.3 Å². The molecule has 0 bridgehead atoms. The highest BCUT2D eigenvalue weighted by molar-refractivity contribution is 6.74. The van der Waals surface area contributed by atoms with Gasteiger partial charge in [-0.1, -0.05) is 20.8 Å². The predicted molar refractivity (Wildman–Crippen MR) is 77.9 cm³/mol. The Kier molecular flexibility index (Phi) is 4.13. The third kappa shape index (κ3) is 3.10. The molecular formula is C14H28O5Si. The second kappa shape index (κ2) is 5.03. The summed E-state index contributed by atoms with van der Waals surface area (Å²) < 4.78 is 23.2. The molecule has 0 aromatic carbocycles. The van der Waals surface area contributed by atoms with E-state index in [4.69, 9.17) is 18.6 Å². The molecule has 6 heteroatoms. The smallest absolute Gasteiger partial charge is 0.192 e. The van der Waals surface area contributed by atoms with Gasteiger partial charge in [0.05, 0.1) is 6.61 Å². The van der Waals surface area contributed by atoms with E-state index in [1.807, 2.05) is 13.8 Å². The number of hydrogen-bond acceptors (Lipinski definition) is 5. The molecule has 2 heterocycles. The van der Waals surface area contributed by atoms with Gasteiger partial charge in [-0.3, -0.25) is 0 Å². The summed E-state index contributed by atoms with van der Waals surface area (Å²) in [5.41, 5.74) is 0. The van der Waals surface area contributed by atoms with Crippen LogP contribution in [-0.4, -0.2) is 50.4 Å². The molecule has 0 amide bonds. The number of ether oxygens (including phenoxy) is 3. The number of aliphatic hydroxyl groups excluding tert-OH is 1. The minimum atomic E-state index is -1.83. The molecule has 0 saturated carbocycles. The van der Waals surface area contributed by atoms with Gasteiger partial charge in [-0.2, -0.15) is 0 Å². The Morgan fingerprint density at radius 1 is 1.15 bits per heavy atom. The normalized spacial score (nSPS) is 37.2. The van der Waals surface area contributed by atoms with Crippen LogP contribution in [-0.2, 0) is 18.6 Å². The largest absolute Gasteiger partial charge is 0.414 e. The van der Waals surface area contributed by atoms with E-state index in [0.717, 1.165) is 0 Å².